The lowest BCUT2D eigenvalue weighted by Crippen LogP contribution is -2.52. The van der Waals surface area contributed by atoms with Gasteiger partial charge in [0.1, 0.15) is 15.9 Å². The number of nitrogens with zero attached hydrogens (tertiary/aromatic N) is 1. The van der Waals surface area contributed by atoms with Gasteiger partial charge < -0.3 is 5.11 Å². The van der Waals surface area contributed by atoms with Crippen LogP contribution in [0.3, 0.4) is 0 Å². The van der Waals surface area contributed by atoms with Gasteiger partial charge in [0.2, 0.25) is 10.0 Å². The van der Waals surface area contributed by atoms with Crippen LogP contribution in [0.25, 0.3) is 0 Å². The second-order valence-corrected chi connectivity index (χ2v) is 9.83. The van der Waals surface area contributed by atoms with Crippen molar-refractivity contribution in [2.45, 2.75) is 43.4 Å². The molecule has 0 radical (unpaired) electrons. The molecule has 0 saturated carbocycles. The van der Waals surface area contributed by atoms with Crippen molar-refractivity contribution in [3.05, 3.63) is 0 Å². The number of carboxylic acid groups (broad SMARTS) is 1. The summed E-state index contributed by atoms with van der Waals surface area (Å²) >= 11 is 0. The van der Waals surface area contributed by atoms with Gasteiger partial charge in [-0.2, -0.15) is 4.31 Å². The SMILES string of the molecule is O=C(O)[C@@H]1CCCCN1S(=O)(=O)C1CCS(=O)(=O)CC1. The fourth-order valence-corrected chi connectivity index (χ4v) is 6.75. The van der Waals surface area contributed by atoms with Gasteiger partial charge in [-0.25, -0.2) is 16.8 Å². The maximum atomic E-state index is 12.5. The Morgan fingerprint density at radius 1 is 1.10 bits per heavy atom. The van der Waals surface area contributed by atoms with E-state index in [1.165, 1.54) is 0 Å². The number of carboxylic acids is 1. The van der Waals surface area contributed by atoms with Crippen molar-refractivity contribution in [1.29, 1.82) is 0 Å². The molecule has 2 heterocycles. The fourth-order valence-electron chi connectivity index (χ4n) is 2.81. The number of sulfonamides is 1. The van der Waals surface area contributed by atoms with Gasteiger partial charge in [0.15, 0.2) is 0 Å². The zero-order valence-corrected chi connectivity index (χ0v) is 12.7. The Hall–Kier alpha value is -0.670. The third-order valence-corrected chi connectivity index (χ3v) is 8.11. The van der Waals surface area contributed by atoms with E-state index in [0.29, 0.717) is 19.3 Å². The Morgan fingerprint density at radius 2 is 1.70 bits per heavy atom. The van der Waals surface area contributed by atoms with Crippen molar-refractivity contribution >= 4 is 25.8 Å². The van der Waals surface area contributed by atoms with E-state index in [4.69, 9.17) is 5.11 Å². The lowest BCUT2D eigenvalue weighted by molar-refractivity contribution is -0.142. The highest BCUT2D eigenvalue weighted by Crippen LogP contribution is 2.28. The minimum Gasteiger partial charge on any atom is -0.480 e. The van der Waals surface area contributed by atoms with Crippen LogP contribution < -0.4 is 0 Å². The van der Waals surface area contributed by atoms with Gasteiger partial charge >= 0.3 is 5.97 Å². The summed E-state index contributed by atoms with van der Waals surface area (Å²) < 4.78 is 48.9. The summed E-state index contributed by atoms with van der Waals surface area (Å²) in [6.07, 6.45) is 1.79. The molecule has 0 spiro atoms. The molecule has 2 saturated heterocycles. The predicted molar refractivity (Wildman–Crippen MR) is 72.6 cm³/mol. The van der Waals surface area contributed by atoms with E-state index in [2.05, 4.69) is 0 Å². The van der Waals surface area contributed by atoms with E-state index in [0.717, 1.165) is 4.31 Å². The van der Waals surface area contributed by atoms with Crippen molar-refractivity contribution < 1.29 is 26.7 Å². The summed E-state index contributed by atoms with van der Waals surface area (Å²) in [7, 11) is -6.88. The first-order valence-corrected chi connectivity index (χ1v) is 10.0. The molecule has 0 amide bonds. The van der Waals surface area contributed by atoms with Crippen LogP contribution in [0.15, 0.2) is 0 Å². The van der Waals surface area contributed by atoms with Crippen LogP contribution in [0, 0.1) is 0 Å². The Morgan fingerprint density at radius 3 is 2.25 bits per heavy atom. The Bertz CT molecular complexity index is 568. The Kier molecular flexibility index (Phi) is 4.41. The Labute approximate surface area is 118 Å². The van der Waals surface area contributed by atoms with Gasteiger partial charge in [0, 0.05) is 6.54 Å². The van der Waals surface area contributed by atoms with Crippen LogP contribution in [-0.4, -0.2) is 61.6 Å². The average Bonchev–Trinajstić information content (AvgIpc) is 2.38. The van der Waals surface area contributed by atoms with Crippen LogP contribution >= 0.6 is 0 Å². The molecule has 9 heteroatoms. The number of hydrogen-bond acceptors (Lipinski definition) is 5. The molecule has 20 heavy (non-hydrogen) atoms. The first-order chi connectivity index (χ1) is 9.24. The summed E-state index contributed by atoms with van der Waals surface area (Å²) in [5.74, 6) is -1.40. The standard InChI is InChI=1S/C11H19NO6S2/c13-11(14)10-3-1-2-6-12(10)20(17,18)9-4-7-19(15,16)8-5-9/h9-10H,1-8H2,(H,13,14)/t10-/m0/s1. The van der Waals surface area contributed by atoms with E-state index in [-0.39, 0.29) is 30.9 Å². The average molecular weight is 325 g/mol. The van der Waals surface area contributed by atoms with E-state index in [9.17, 15) is 21.6 Å². The lowest BCUT2D eigenvalue weighted by atomic mass is 10.1. The van der Waals surface area contributed by atoms with Gasteiger partial charge in [0.25, 0.3) is 0 Å². The maximum Gasteiger partial charge on any atom is 0.322 e. The zero-order valence-electron chi connectivity index (χ0n) is 11.1. The smallest absolute Gasteiger partial charge is 0.322 e. The van der Waals surface area contributed by atoms with Gasteiger partial charge in [-0.3, -0.25) is 4.79 Å². The quantitative estimate of drug-likeness (QED) is 0.772. The highest BCUT2D eigenvalue weighted by molar-refractivity contribution is 7.92. The van der Waals surface area contributed by atoms with Crippen LogP contribution in [0.5, 0.6) is 0 Å². The molecule has 7 nitrogen and oxygen atoms in total. The first kappa shape index (κ1) is 15.7. The topological polar surface area (TPSA) is 109 Å². The van der Waals surface area contributed by atoms with E-state index >= 15 is 0 Å². The number of carbonyl (C=O) groups is 1. The molecule has 1 atom stereocenters. The molecule has 0 aromatic heterocycles. The van der Waals surface area contributed by atoms with Crippen LogP contribution in [0.4, 0.5) is 0 Å². The van der Waals surface area contributed by atoms with Gasteiger partial charge in [-0.15, -0.1) is 0 Å². The molecular formula is C11H19NO6S2. The number of rotatable bonds is 3. The molecule has 116 valence electrons. The minimum atomic E-state index is -3.74. The molecule has 0 aliphatic carbocycles. The molecular weight excluding hydrogens is 306 g/mol. The number of piperidine rings is 1. The highest BCUT2D eigenvalue weighted by atomic mass is 32.2. The van der Waals surface area contributed by atoms with Crippen molar-refractivity contribution in [2.75, 3.05) is 18.1 Å². The third kappa shape index (κ3) is 3.15. The minimum absolute atomic E-state index is 0.0630. The van der Waals surface area contributed by atoms with E-state index in [1.807, 2.05) is 0 Å². The monoisotopic (exact) mass is 325 g/mol. The number of hydrogen-bond donors (Lipinski definition) is 1. The van der Waals surface area contributed by atoms with Gasteiger partial charge in [-0.1, -0.05) is 0 Å². The largest absolute Gasteiger partial charge is 0.480 e. The molecule has 2 aliphatic heterocycles. The summed E-state index contributed by atoms with van der Waals surface area (Å²) in [5, 5.41) is 8.38. The first-order valence-electron chi connectivity index (χ1n) is 6.68. The number of sulfone groups is 1. The predicted octanol–water partition coefficient (Wildman–Crippen LogP) is -0.167. The van der Waals surface area contributed by atoms with Crippen LogP contribution in [0.2, 0.25) is 0 Å². The Balaban J connectivity index is 2.19. The van der Waals surface area contributed by atoms with Crippen molar-refractivity contribution in [3.63, 3.8) is 0 Å². The van der Waals surface area contributed by atoms with Crippen LogP contribution in [-0.2, 0) is 24.7 Å². The number of aliphatic carboxylic acids is 1. The summed E-state index contributed by atoms with van der Waals surface area (Å²) in [6, 6.07) is -1.01. The summed E-state index contributed by atoms with van der Waals surface area (Å²) in [6.45, 7) is 0.211. The van der Waals surface area contributed by atoms with Crippen molar-refractivity contribution in [1.82, 2.24) is 4.31 Å². The molecule has 2 fully saturated rings. The van der Waals surface area contributed by atoms with E-state index in [1.54, 1.807) is 0 Å². The van der Waals surface area contributed by atoms with Crippen molar-refractivity contribution in [2.24, 2.45) is 0 Å². The second kappa shape index (κ2) is 5.61. The molecule has 2 rings (SSSR count). The molecule has 0 bridgehead atoms. The van der Waals surface area contributed by atoms with E-state index < -0.39 is 37.1 Å². The molecule has 0 unspecified atom stereocenters. The summed E-state index contributed by atoms with van der Waals surface area (Å²) in [4.78, 5) is 11.2. The second-order valence-electron chi connectivity index (χ2n) is 5.36. The van der Waals surface area contributed by atoms with Gasteiger partial charge in [0.05, 0.1) is 16.8 Å². The third-order valence-electron chi connectivity index (χ3n) is 3.99. The summed E-state index contributed by atoms with van der Waals surface area (Å²) in [5.41, 5.74) is 0. The van der Waals surface area contributed by atoms with Gasteiger partial charge in [-0.05, 0) is 32.1 Å². The van der Waals surface area contributed by atoms with Crippen molar-refractivity contribution in [3.8, 4) is 0 Å². The maximum absolute atomic E-state index is 12.5. The zero-order chi connectivity index (χ0) is 15.0. The molecule has 0 aromatic carbocycles. The molecule has 1 N–H and O–H groups in total. The fraction of sp³-hybridized carbons (Fsp3) is 0.909. The van der Waals surface area contributed by atoms with Crippen LogP contribution in [0.1, 0.15) is 32.1 Å². The normalized spacial score (nSPS) is 29.1. The molecule has 0 aromatic rings. The molecule has 2 aliphatic rings. The highest BCUT2D eigenvalue weighted by Gasteiger charge is 2.42. The lowest BCUT2D eigenvalue weighted by Gasteiger charge is -2.35.